The smallest absolute Gasteiger partial charge is 0.191 e. The van der Waals surface area contributed by atoms with Crippen LogP contribution >= 0.6 is 0 Å². The van der Waals surface area contributed by atoms with E-state index in [9.17, 15) is 4.39 Å². The average molecular weight is 249 g/mol. The van der Waals surface area contributed by atoms with Crippen LogP contribution in [0, 0.1) is 11.7 Å². The zero-order valence-electron chi connectivity index (χ0n) is 10.7. The fraction of sp³-hybridized carbons (Fsp3) is 0.500. The van der Waals surface area contributed by atoms with Gasteiger partial charge in [0, 0.05) is 25.7 Å². The van der Waals surface area contributed by atoms with Crippen LogP contribution in [0.3, 0.4) is 0 Å². The second-order valence-electron chi connectivity index (χ2n) is 4.68. The van der Waals surface area contributed by atoms with Crippen molar-refractivity contribution in [2.75, 3.05) is 13.6 Å². The van der Waals surface area contributed by atoms with Crippen molar-refractivity contribution in [2.24, 2.45) is 10.9 Å². The predicted molar refractivity (Wildman–Crippen MR) is 71.9 cm³/mol. The first kappa shape index (κ1) is 12.9. The number of halogens is 1. The molecule has 0 bridgehead atoms. The Morgan fingerprint density at radius 3 is 2.78 bits per heavy atom. The Balaban J connectivity index is 1.74. The van der Waals surface area contributed by atoms with E-state index >= 15 is 0 Å². The van der Waals surface area contributed by atoms with Crippen molar-refractivity contribution in [3.05, 3.63) is 35.6 Å². The molecule has 1 fully saturated rings. The summed E-state index contributed by atoms with van der Waals surface area (Å²) in [5.41, 5.74) is 0.655. The van der Waals surface area contributed by atoms with Crippen LogP contribution in [0.5, 0.6) is 0 Å². The summed E-state index contributed by atoms with van der Waals surface area (Å²) in [5, 5.41) is 6.37. The van der Waals surface area contributed by atoms with Crippen molar-refractivity contribution in [3.63, 3.8) is 0 Å². The Morgan fingerprint density at radius 1 is 1.33 bits per heavy atom. The molecule has 0 aliphatic heterocycles. The molecule has 98 valence electrons. The molecule has 0 aromatic heterocycles. The lowest BCUT2D eigenvalue weighted by Crippen LogP contribution is -2.37. The summed E-state index contributed by atoms with van der Waals surface area (Å²) in [7, 11) is 1.73. The summed E-state index contributed by atoms with van der Waals surface area (Å²) >= 11 is 0. The first-order valence-corrected chi connectivity index (χ1v) is 6.47. The molecule has 0 saturated heterocycles. The first-order chi connectivity index (χ1) is 8.79. The zero-order chi connectivity index (χ0) is 12.8. The highest BCUT2D eigenvalue weighted by Crippen LogP contribution is 2.31. The van der Waals surface area contributed by atoms with E-state index in [1.807, 2.05) is 6.07 Å². The Hall–Kier alpha value is -1.58. The molecule has 3 nitrogen and oxygen atoms in total. The average Bonchev–Trinajstić information content (AvgIpc) is 3.19. The van der Waals surface area contributed by atoms with Crippen LogP contribution in [0.1, 0.15) is 24.8 Å². The quantitative estimate of drug-likeness (QED) is 0.620. The molecule has 0 radical (unpaired) electrons. The van der Waals surface area contributed by atoms with Crippen LogP contribution in [0.15, 0.2) is 29.3 Å². The number of hydrogen-bond acceptors (Lipinski definition) is 1. The van der Waals surface area contributed by atoms with Crippen LogP contribution < -0.4 is 10.6 Å². The van der Waals surface area contributed by atoms with Crippen molar-refractivity contribution < 1.29 is 4.39 Å². The molecule has 1 aliphatic rings. The maximum Gasteiger partial charge on any atom is 0.191 e. The topological polar surface area (TPSA) is 36.4 Å². The SMILES string of the molecule is CN=C(NCCC1CC1)NCc1ccccc1F. The summed E-state index contributed by atoms with van der Waals surface area (Å²) in [4.78, 5) is 4.12. The molecule has 1 aliphatic carbocycles. The summed E-state index contributed by atoms with van der Waals surface area (Å²) in [6.45, 7) is 1.39. The molecule has 2 N–H and O–H groups in total. The van der Waals surface area contributed by atoms with E-state index in [0.29, 0.717) is 12.1 Å². The molecular formula is C14H20FN3. The second-order valence-corrected chi connectivity index (χ2v) is 4.68. The Kier molecular flexibility index (Phi) is 4.56. The molecule has 1 aromatic carbocycles. The standard InChI is InChI=1S/C14H20FN3/c1-16-14(17-9-8-11-6-7-11)18-10-12-4-2-3-5-13(12)15/h2-5,11H,6-10H2,1H3,(H2,16,17,18). The monoisotopic (exact) mass is 249 g/mol. The van der Waals surface area contributed by atoms with Gasteiger partial charge in [-0.15, -0.1) is 0 Å². The first-order valence-electron chi connectivity index (χ1n) is 6.47. The predicted octanol–water partition coefficient (Wildman–Crippen LogP) is 2.29. The van der Waals surface area contributed by atoms with E-state index in [4.69, 9.17) is 0 Å². The molecule has 1 saturated carbocycles. The second kappa shape index (κ2) is 6.38. The van der Waals surface area contributed by atoms with E-state index in [1.54, 1.807) is 19.2 Å². The van der Waals surface area contributed by atoms with Crippen LogP contribution in [-0.4, -0.2) is 19.6 Å². The number of benzene rings is 1. The summed E-state index contributed by atoms with van der Waals surface area (Å²) in [6.07, 6.45) is 3.92. The van der Waals surface area contributed by atoms with Gasteiger partial charge in [0.1, 0.15) is 5.82 Å². The largest absolute Gasteiger partial charge is 0.356 e. The fourth-order valence-electron chi connectivity index (χ4n) is 1.84. The number of nitrogens with one attached hydrogen (secondary N) is 2. The Bertz CT molecular complexity index is 413. The number of aliphatic imine (C=N–C) groups is 1. The highest BCUT2D eigenvalue weighted by atomic mass is 19.1. The minimum absolute atomic E-state index is 0.182. The van der Waals surface area contributed by atoms with Crippen LogP contribution in [0.4, 0.5) is 4.39 Å². The molecule has 4 heteroatoms. The Morgan fingerprint density at radius 2 is 2.11 bits per heavy atom. The summed E-state index contributed by atoms with van der Waals surface area (Å²) in [5.74, 6) is 1.46. The van der Waals surface area contributed by atoms with Gasteiger partial charge in [0.2, 0.25) is 0 Å². The lowest BCUT2D eigenvalue weighted by Gasteiger charge is -2.12. The third-order valence-corrected chi connectivity index (χ3v) is 3.17. The fourth-order valence-corrected chi connectivity index (χ4v) is 1.84. The van der Waals surface area contributed by atoms with Gasteiger partial charge in [-0.2, -0.15) is 0 Å². The third kappa shape index (κ3) is 4.02. The van der Waals surface area contributed by atoms with E-state index in [2.05, 4.69) is 15.6 Å². The molecular weight excluding hydrogens is 229 g/mol. The van der Waals surface area contributed by atoms with Gasteiger partial charge in [-0.3, -0.25) is 4.99 Å². The zero-order valence-corrected chi connectivity index (χ0v) is 10.7. The Labute approximate surface area is 108 Å². The molecule has 18 heavy (non-hydrogen) atoms. The maximum absolute atomic E-state index is 13.4. The lowest BCUT2D eigenvalue weighted by molar-refractivity contribution is 0.604. The number of guanidine groups is 1. The summed E-state index contributed by atoms with van der Waals surface area (Å²) < 4.78 is 13.4. The molecule has 0 heterocycles. The van der Waals surface area contributed by atoms with Gasteiger partial charge in [0.25, 0.3) is 0 Å². The van der Waals surface area contributed by atoms with Gasteiger partial charge in [-0.05, 0) is 18.4 Å². The molecule has 0 unspecified atom stereocenters. The minimum atomic E-state index is -0.182. The van der Waals surface area contributed by atoms with E-state index in [0.717, 1.165) is 18.4 Å². The summed E-state index contributed by atoms with van der Waals surface area (Å²) in [6, 6.07) is 6.78. The van der Waals surface area contributed by atoms with Gasteiger partial charge in [-0.1, -0.05) is 31.0 Å². The van der Waals surface area contributed by atoms with Crippen LogP contribution in [0.2, 0.25) is 0 Å². The molecule has 0 amide bonds. The minimum Gasteiger partial charge on any atom is -0.356 e. The maximum atomic E-state index is 13.4. The molecule has 1 aromatic rings. The number of nitrogens with zero attached hydrogens (tertiary/aromatic N) is 1. The van der Waals surface area contributed by atoms with Crippen molar-refractivity contribution in [3.8, 4) is 0 Å². The van der Waals surface area contributed by atoms with Gasteiger partial charge >= 0.3 is 0 Å². The number of hydrogen-bond donors (Lipinski definition) is 2. The van der Waals surface area contributed by atoms with E-state index in [-0.39, 0.29) is 5.82 Å². The highest BCUT2D eigenvalue weighted by molar-refractivity contribution is 5.79. The number of rotatable bonds is 5. The van der Waals surface area contributed by atoms with Crippen LogP contribution in [-0.2, 0) is 6.54 Å². The normalized spacial score (nSPS) is 15.6. The third-order valence-electron chi connectivity index (χ3n) is 3.17. The lowest BCUT2D eigenvalue weighted by atomic mass is 10.2. The molecule has 0 atom stereocenters. The van der Waals surface area contributed by atoms with Gasteiger partial charge in [0.05, 0.1) is 0 Å². The van der Waals surface area contributed by atoms with Gasteiger partial charge in [0.15, 0.2) is 5.96 Å². The van der Waals surface area contributed by atoms with Gasteiger partial charge < -0.3 is 10.6 Å². The van der Waals surface area contributed by atoms with Crippen LogP contribution in [0.25, 0.3) is 0 Å². The van der Waals surface area contributed by atoms with Crippen molar-refractivity contribution in [1.29, 1.82) is 0 Å². The van der Waals surface area contributed by atoms with E-state index in [1.165, 1.54) is 25.3 Å². The molecule has 0 spiro atoms. The molecule has 2 rings (SSSR count). The van der Waals surface area contributed by atoms with Gasteiger partial charge in [-0.25, -0.2) is 4.39 Å². The van der Waals surface area contributed by atoms with Crippen molar-refractivity contribution in [2.45, 2.75) is 25.8 Å². The van der Waals surface area contributed by atoms with Crippen molar-refractivity contribution >= 4 is 5.96 Å². The van der Waals surface area contributed by atoms with E-state index < -0.39 is 0 Å². The highest BCUT2D eigenvalue weighted by Gasteiger charge is 2.20. The van der Waals surface area contributed by atoms with Crippen molar-refractivity contribution in [1.82, 2.24) is 10.6 Å².